The Morgan fingerprint density at radius 2 is 1.95 bits per heavy atom. The molecule has 0 heterocycles. The van der Waals surface area contributed by atoms with Gasteiger partial charge in [0.25, 0.3) is 0 Å². The molecule has 2 atom stereocenters. The number of carbonyl (C=O) groups excluding carboxylic acids is 1. The molecule has 0 aromatic heterocycles. The Balaban J connectivity index is 2.39. The Morgan fingerprint density at radius 1 is 1.37 bits per heavy atom. The first kappa shape index (κ1) is 16.8. The van der Waals surface area contributed by atoms with Crippen LogP contribution in [0.4, 0.5) is 4.79 Å². The van der Waals surface area contributed by atoms with E-state index < -0.39 is 17.3 Å². The zero-order valence-corrected chi connectivity index (χ0v) is 14.2. The van der Waals surface area contributed by atoms with Crippen LogP contribution in [0.2, 0.25) is 0 Å². The largest absolute Gasteiger partial charge is 0.444 e. The zero-order chi connectivity index (χ0) is 14.7. The summed E-state index contributed by atoms with van der Waals surface area (Å²) in [5.74, 6) is 0.680. The van der Waals surface area contributed by atoms with Gasteiger partial charge in [-0.25, -0.2) is 4.79 Å². The number of rotatable bonds is 6. The van der Waals surface area contributed by atoms with E-state index in [-0.39, 0.29) is 6.10 Å². The number of halogens is 1. The van der Waals surface area contributed by atoms with Crippen LogP contribution in [-0.4, -0.2) is 35.3 Å². The summed E-state index contributed by atoms with van der Waals surface area (Å²) in [5, 5.41) is 3.45. The lowest BCUT2D eigenvalue weighted by molar-refractivity contribution is -0.0672. The van der Waals surface area contributed by atoms with Gasteiger partial charge in [0.15, 0.2) is 0 Å². The summed E-state index contributed by atoms with van der Waals surface area (Å²) < 4.78 is 11.3. The van der Waals surface area contributed by atoms with Crippen molar-refractivity contribution in [2.45, 2.75) is 64.8 Å². The van der Waals surface area contributed by atoms with E-state index in [4.69, 9.17) is 9.47 Å². The number of nitrogens with one attached hydrogen (secondary N) is 1. The van der Waals surface area contributed by atoms with Gasteiger partial charge in [-0.1, -0.05) is 15.9 Å². The Morgan fingerprint density at radius 3 is 2.37 bits per heavy atom. The van der Waals surface area contributed by atoms with Gasteiger partial charge in [-0.3, -0.25) is 0 Å². The summed E-state index contributed by atoms with van der Waals surface area (Å²) in [6, 6.07) is 0. The van der Waals surface area contributed by atoms with Crippen LogP contribution in [0.3, 0.4) is 0 Å². The van der Waals surface area contributed by atoms with Crippen molar-refractivity contribution < 1.29 is 14.3 Å². The van der Waals surface area contributed by atoms with E-state index in [1.165, 1.54) is 12.8 Å². The van der Waals surface area contributed by atoms with Gasteiger partial charge in [-0.05, 0) is 53.4 Å². The predicted molar refractivity (Wildman–Crippen MR) is 79.7 cm³/mol. The molecule has 0 radical (unpaired) electrons. The molecule has 112 valence electrons. The smallest absolute Gasteiger partial charge is 0.407 e. The second-order valence-corrected chi connectivity index (χ2v) is 7.16. The van der Waals surface area contributed by atoms with E-state index in [0.717, 1.165) is 0 Å². The first-order valence-electron chi connectivity index (χ1n) is 6.86. The van der Waals surface area contributed by atoms with Crippen molar-refractivity contribution in [2.24, 2.45) is 5.92 Å². The zero-order valence-electron chi connectivity index (χ0n) is 12.6. The minimum Gasteiger partial charge on any atom is -0.444 e. The van der Waals surface area contributed by atoms with Crippen LogP contribution >= 0.6 is 15.9 Å². The van der Waals surface area contributed by atoms with E-state index in [9.17, 15) is 4.79 Å². The maximum atomic E-state index is 11.6. The summed E-state index contributed by atoms with van der Waals surface area (Å²) in [7, 11) is 0. The van der Waals surface area contributed by atoms with E-state index in [1.54, 1.807) is 0 Å². The standard InChI is InChI=1S/C14H26BrNO3/c1-10(11-6-7-11)18-14(5,8-15)9-16-12(17)19-13(2,3)4/h10-11H,6-9H2,1-5H3,(H,16,17). The fourth-order valence-corrected chi connectivity index (χ4v) is 2.13. The van der Waals surface area contributed by atoms with Gasteiger partial charge in [0, 0.05) is 5.33 Å². The van der Waals surface area contributed by atoms with Gasteiger partial charge < -0.3 is 14.8 Å². The Bertz CT molecular complexity index is 312. The van der Waals surface area contributed by atoms with Crippen molar-refractivity contribution in [3.05, 3.63) is 0 Å². The molecule has 0 aromatic rings. The first-order valence-corrected chi connectivity index (χ1v) is 7.98. The molecule has 0 saturated heterocycles. The predicted octanol–water partition coefficient (Wildman–Crippen LogP) is 3.48. The van der Waals surface area contributed by atoms with Gasteiger partial charge in [-0.15, -0.1) is 0 Å². The molecule has 1 N–H and O–H groups in total. The van der Waals surface area contributed by atoms with E-state index >= 15 is 0 Å². The number of amides is 1. The topological polar surface area (TPSA) is 47.6 Å². The normalized spacial score (nSPS) is 20.5. The summed E-state index contributed by atoms with van der Waals surface area (Å²) in [6.07, 6.45) is 2.34. The third-order valence-electron chi connectivity index (χ3n) is 3.04. The van der Waals surface area contributed by atoms with Crippen molar-refractivity contribution >= 4 is 22.0 Å². The fourth-order valence-electron chi connectivity index (χ4n) is 1.80. The van der Waals surface area contributed by atoms with E-state index in [0.29, 0.717) is 17.8 Å². The van der Waals surface area contributed by atoms with Crippen molar-refractivity contribution in [3.8, 4) is 0 Å². The summed E-state index contributed by atoms with van der Waals surface area (Å²) >= 11 is 3.46. The van der Waals surface area contributed by atoms with Crippen molar-refractivity contribution in [1.82, 2.24) is 5.32 Å². The van der Waals surface area contributed by atoms with Gasteiger partial charge in [0.2, 0.25) is 0 Å². The molecular formula is C14H26BrNO3. The van der Waals surface area contributed by atoms with Crippen LogP contribution < -0.4 is 5.32 Å². The lowest BCUT2D eigenvalue weighted by Gasteiger charge is -2.32. The third kappa shape index (κ3) is 6.61. The third-order valence-corrected chi connectivity index (χ3v) is 4.23. The van der Waals surface area contributed by atoms with Gasteiger partial charge in [-0.2, -0.15) is 0 Å². The number of carbonyl (C=O) groups is 1. The highest BCUT2D eigenvalue weighted by molar-refractivity contribution is 9.09. The highest BCUT2D eigenvalue weighted by atomic mass is 79.9. The maximum absolute atomic E-state index is 11.6. The molecule has 0 aliphatic heterocycles. The average molecular weight is 336 g/mol. The molecule has 0 aromatic carbocycles. The minimum atomic E-state index is -0.475. The number of hydrogen-bond donors (Lipinski definition) is 1. The second-order valence-electron chi connectivity index (χ2n) is 6.60. The molecule has 0 spiro atoms. The molecule has 1 saturated carbocycles. The molecule has 19 heavy (non-hydrogen) atoms. The van der Waals surface area contributed by atoms with Crippen LogP contribution in [0, 0.1) is 5.92 Å². The maximum Gasteiger partial charge on any atom is 0.407 e. The molecule has 1 aliphatic carbocycles. The molecule has 1 amide bonds. The monoisotopic (exact) mass is 335 g/mol. The summed E-state index contributed by atoms with van der Waals surface area (Å²) in [4.78, 5) is 11.6. The highest BCUT2D eigenvalue weighted by Gasteiger charge is 2.35. The van der Waals surface area contributed by atoms with E-state index in [1.807, 2.05) is 27.7 Å². The quantitative estimate of drug-likeness (QED) is 0.756. The highest BCUT2D eigenvalue weighted by Crippen LogP contribution is 2.36. The fraction of sp³-hybridized carbons (Fsp3) is 0.929. The van der Waals surface area contributed by atoms with Crippen LogP contribution in [0.1, 0.15) is 47.5 Å². The average Bonchev–Trinajstić information content (AvgIpc) is 3.08. The Kier molecular flexibility index (Phi) is 5.68. The molecule has 0 bridgehead atoms. The lowest BCUT2D eigenvalue weighted by atomic mass is 10.1. The van der Waals surface area contributed by atoms with Crippen molar-refractivity contribution in [1.29, 1.82) is 0 Å². The number of alkyl carbamates (subject to hydrolysis) is 1. The van der Waals surface area contributed by atoms with Crippen LogP contribution in [0.15, 0.2) is 0 Å². The van der Waals surface area contributed by atoms with E-state index in [2.05, 4.69) is 28.2 Å². The summed E-state index contributed by atoms with van der Waals surface area (Å²) in [6.45, 7) is 10.1. The first-order chi connectivity index (χ1) is 8.65. The molecule has 1 rings (SSSR count). The van der Waals surface area contributed by atoms with Crippen LogP contribution in [-0.2, 0) is 9.47 Å². The molecule has 1 aliphatic rings. The van der Waals surface area contributed by atoms with Gasteiger partial charge >= 0.3 is 6.09 Å². The summed E-state index contributed by atoms with van der Waals surface area (Å²) in [5.41, 5.74) is -0.879. The second kappa shape index (κ2) is 6.44. The Hall–Kier alpha value is -0.290. The molecule has 4 nitrogen and oxygen atoms in total. The van der Waals surface area contributed by atoms with Gasteiger partial charge in [0.05, 0.1) is 18.2 Å². The SMILES string of the molecule is CC(OC(C)(CBr)CNC(=O)OC(C)(C)C)C1CC1. The molecule has 2 unspecified atom stereocenters. The molecule has 1 fully saturated rings. The molecular weight excluding hydrogens is 310 g/mol. The van der Waals surface area contributed by atoms with Gasteiger partial charge in [0.1, 0.15) is 5.60 Å². The minimum absolute atomic E-state index is 0.239. The van der Waals surface area contributed by atoms with Crippen LogP contribution in [0.25, 0.3) is 0 Å². The van der Waals surface area contributed by atoms with Crippen molar-refractivity contribution in [3.63, 3.8) is 0 Å². The van der Waals surface area contributed by atoms with Crippen LogP contribution in [0.5, 0.6) is 0 Å². The van der Waals surface area contributed by atoms with Crippen molar-refractivity contribution in [2.75, 3.05) is 11.9 Å². The molecule has 5 heteroatoms. The lowest BCUT2D eigenvalue weighted by Crippen LogP contribution is -2.47. The number of alkyl halides is 1. The number of hydrogen-bond acceptors (Lipinski definition) is 3. The Labute approximate surface area is 124 Å². The number of ether oxygens (including phenoxy) is 2.